The second-order valence-corrected chi connectivity index (χ2v) is 5.66. The van der Waals surface area contributed by atoms with Gasteiger partial charge in [-0.2, -0.15) is 0 Å². The summed E-state index contributed by atoms with van der Waals surface area (Å²) >= 11 is 0. The van der Waals surface area contributed by atoms with Crippen molar-refractivity contribution in [1.82, 2.24) is 0 Å². The van der Waals surface area contributed by atoms with Gasteiger partial charge < -0.3 is 10.0 Å². The molecule has 0 saturated carbocycles. The fourth-order valence-electron chi connectivity index (χ4n) is 2.53. The van der Waals surface area contributed by atoms with Crippen LogP contribution in [0.3, 0.4) is 0 Å². The molecule has 2 rings (SSSR count). The molecule has 0 spiro atoms. The molecule has 1 aromatic rings. The van der Waals surface area contributed by atoms with Crippen molar-refractivity contribution < 1.29 is 14.3 Å². The average Bonchev–Trinajstić information content (AvgIpc) is 2.27. The molecule has 98 valence electrons. The van der Waals surface area contributed by atoms with Gasteiger partial charge >= 0.3 is 5.97 Å². The molecule has 3 nitrogen and oxygen atoms in total. The molecule has 0 radical (unpaired) electrons. The van der Waals surface area contributed by atoms with Crippen molar-refractivity contribution >= 4 is 11.7 Å². The minimum absolute atomic E-state index is 0.00693. The zero-order chi connectivity index (χ0) is 13.3. The van der Waals surface area contributed by atoms with E-state index in [1.165, 1.54) is 6.07 Å². The molecule has 0 atom stereocenters. The Labute approximate surface area is 106 Å². The zero-order valence-corrected chi connectivity index (χ0v) is 10.7. The quantitative estimate of drug-likeness (QED) is 0.877. The van der Waals surface area contributed by atoms with Crippen molar-refractivity contribution in [2.45, 2.75) is 26.7 Å². The van der Waals surface area contributed by atoms with E-state index in [0.29, 0.717) is 5.69 Å². The maximum Gasteiger partial charge on any atom is 0.335 e. The standard InChI is InChI=1S/C14H18FNO2/c1-14(2)6-3-7-16(9-14)12-5-4-10(13(17)18)8-11(12)15/h4-5,8H,3,6-7,9H2,1-2H3,(H,17,18). The Morgan fingerprint density at radius 3 is 2.72 bits per heavy atom. The van der Waals surface area contributed by atoms with Gasteiger partial charge in [0.15, 0.2) is 0 Å². The number of aromatic carboxylic acids is 1. The minimum Gasteiger partial charge on any atom is -0.478 e. The van der Waals surface area contributed by atoms with Crippen LogP contribution in [0.4, 0.5) is 10.1 Å². The van der Waals surface area contributed by atoms with Gasteiger partial charge in [-0.1, -0.05) is 13.8 Å². The third-order valence-corrected chi connectivity index (χ3v) is 3.44. The highest BCUT2D eigenvalue weighted by Crippen LogP contribution is 2.32. The maximum atomic E-state index is 13.9. The molecule has 4 heteroatoms. The highest BCUT2D eigenvalue weighted by molar-refractivity contribution is 5.88. The molecule has 0 amide bonds. The number of anilines is 1. The van der Waals surface area contributed by atoms with Crippen molar-refractivity contribution in [3.8, 4) is 0 Å². The van der Waals surface area contributed by atoms with E-state index in [9.17, 15) is 9.18 Å². The lowest BCUT2D eigenvalue weighted by Gasteiger charge is -2.39. The summed E-state index contributed by atoms with van der Waals surface area (Å²) in [5.41, 5.74) is 0.677. The third kappa shape index (κ3) is 2.63. The Morgan fingerprint density at radius 1 is 1.44 bits per heavy atom. The van der Waals surface area contributed by atoms with Gasteiger partial charge in [0.1, 0.15) is 5.82 Å². The van der Waals surface area contributed by atoms with Crippen LogP contribution in [-0.2, 0) is 0 Å². The molecule has 0 bridgehead atoms. The summed E-state index contributed by atoms with van der Waals surface area (Å²) in [6, 6.07) is 4.13. The van der Waals surface area contributed by atoms with E-state index in [0.717, 1.165) is 32.0 Å². The molecule has 0 aromatic heterocycles. The van der Waals surface area contributed by atoms with Crippen LogP contribution in [0.15, 0.2) is 18.2 Å². The van der Waals surface area contributed by atoms with Gasteiger partial charge in [0.05, 0.1) is 11.3 Å². The van der Waals surface area contributed by atoms with Gasteiger partial charge in [0, 0.05) is 13.1 Å². The second kappa shape index (κ2) is 4.59. The van der Waals surface area contributed by atoms with Gasteiger partial charge in [-0.3, -0.25) is 0 Å². The van der Waals surface area contributed by atoms with Crippen molar-refractivity contribution in [3.63, 3.8) is 0 Å². The van der Waals surface area contributed by atoms with E-state index >= 15 is 0 Å². The normalized spacial score (nSPS) is 18.7. The lowest BCUT2D eigenvalue weighted by Crippen LogP contribution is -2.40. The number of piperidine rings is 1. The number of carbonyl (C=O) groups is 1. The number of nitrogens with zero attached hydrogens (tertiary/aromatic N) is 1. The molecule has 1 aliphatic heterocycles. The predicted octanol–water partition coefficient (Wildman–Crippen LogP) is 3.15. The summed E-state index contributed by atoms with van der Waals surface area (Å²) in [7, 11) is 0. The van der Waals surface area contributed by atoms with Crippen LogP contribution in [0.1, 0.15) is 37.0 Å². The number of carboxylic acids is 1. The van der Waals surface area contributed by atoms with Crippen molar-refractivity contribution in [1.29, 1.82) is 0 Å². The zero-order valence-electron chi connectivity index (χ0n) is 10.7. The summed E-state index contributed by atoms with van der Waals surface area (Å²) in [5, 5.41) is 8.81. The molecule has 0 unspecified atom stereocenters. The minimum atomic E-state index is -1.10. The molecule has 1 aliphatic rings. The molecule has 18 heavy (non-hydrogen) atoms. The van der Waals surface area contributed by atoms with Crippen molar-refractivity contribution in [2.24, 2.45) is 5.41 Å². The number of hydrogen-bond donors (Lipinski definition) is 1. The van der Waals surface area contributed by atoms with Crippen LogP contribution >= 0.6 is 0 Å². The molecular weight excluding hydrogens is 233 g/mol. The summed E-state index contributed by atoms with van der Waals surface area (Å²) in [6.07, 6.45) is 2.17. The first-order chi connectivity index (χ1) is 8.39. The molecule has 1 heterocycles. The molecule has 1 fully saturated rings. The number of halogens is 1. The first kappa shape index (κ1) is 12.9. The van der Waals surface area contributed by atoms with E-state index in [1.54, 1.807) is 6.07 Å². The Hall–Kier alpha value is -1.58. The smallest absolute Gasteiger partial charge is 0.335 e. The number of carboxylic acid groups (broad SMARTS) is 1. The second-order valence-electron chi connectivity index (χ2n) is 5.66. The molecule has 1 saturated heterocycles. The Morgan fingerprint density at radius 2 is 2.17 bits per heavy atom. The summed E-state index contributed by atoms with van der Waals surface area (Å²) in [4.78, 5) is 12.8. The molecule has 0 aliphatic carbocycles. The Kier molecular flexibility index (Phi) is 3.28. The van der Waals surface area contributed by atoms with E-state index in [2.05, 4.69) is 13.8 Å². The van der Waals surface area contributed by atoms with E-state index in [1.807, 2.05) is 4.90 Å². The van der Waals surface area contributed by atoms with E-state index < -0.39 is 11.8 Å². The van der Waals surface area contributed by atoms with Crippen LogP contribution in [0.2, 0.25) is 0 Å². The Bertz CT molecular complexity index is 471. The summed E-state index contributed by atoms with van der Waals surface area (Å²) < 4.78 is 13.9. The van der Waals surface area contributed by atoms with Crippen molar-refractivity contribution in [2.75, 3.05) is 18.0 Å². The van der Waals surface area contributed by atoms with Gasteiger partial charge in [0.25, 0.3) is 0 Å². The SMILES string of the molecule is CC1(C)CCCN(c2ccc(C(=O)O)cc2F)C1. The third-order valence-electron chi connectivity index (χ3n) is 3.44. The van der Waals surface area contributed by atoms with Crippen LogP contribution in [0.25, 0.3) is 0 Å². The first-order valence-electron chi connectivity index (χ1n) is 6.17. The fourth-order valence-corrected chi connectivity index (χ4v) is 2.53. The topological polar surface area (TPSA) is 40.5 Å². The summed E-state index contributed by atoms with van der Waals surface area (Å²) in [5.74, 6) is -1.55. The van der Waals surface area contributed by atoms with Crippen LogP contribution in [-0.4, -0.2) is 24.2 Å². The van der Waals surface area contributed by atoms with Crippen molar-refractivity contribution in [3.05, 3.63) is 29.6 Å². The van der Waals surface area contributed by atoms with E-state index in [4.69, 9.17) is 5.11 Å². The lowest BCUT2D eigenvalue weighted by atomic mass is 9.84. The van der Waals surface area contributed by atoms with E-state index in [-0.39, 0.29) is 11.0 Å². The number of rotatable bonds is 2. The fraction of sp³-hybridized carbons (Fsp3) is 0.500. The molecule has 1 aromatic carbocycles. The lowest BCUT2D eigenvalue weighted by molar-refractivity contribution is 0.0696. The predicted molar refractivity (Wildman–Crippen MR) is 68.6 cm³/mol. The van der Waals surface area contributed by atoms with Gasteiger partial charge in [0.2, 0.25) is 0 Å². The van der Waals surface area contributed by atoms with Crippen LogP contribution in [0.5, 0.6) is 0 Å². The summed E-state index contributed by atoms with van der Waals surface area (Å²) in [6.45, 7) is 5.97. The van der Waals surface area contributed by atoms with Gasteiger partial charge in [-0.05, 0) is 36.5 Å². The molecule has 1 N–H and O–H groups in total. The monoisotopic (exact) mass is 251 g/mol. The first-order valence-corrected chi connectivity index (χ1v) is 6.17. The van der Waals surface area contributed by atoms with Crippen LogP contribution < -0.4 is 4.90 Å². The van der Waals surface area contributed by atoms with Crippen LogP contribution in [0, 0.1) is 11.2 Å². The van der Waals surface area contributed by atoms with Gasteiger partial charge in [-0.15, -0.1) is 0 Å². The highest BCUT2D eigenvalue weighted by atomic mass is 19.1. The highest BCUT2D eigenvalue weighted by Gasteiger charge is 2.27. The van der Waals surface area contributed by atoms with Gasteiger partial charge in [-0.25, -0.2) is 9.18 Å². The maximum absolute atomic E-state index is 13.9. The number of benzene rings is 1. The Balaban J connectivity index is 2.26. The number of hydrogen-bond acceptors (Lipinski definition) is 2. The largest absolute Gasteiger partial charge is 0.478 e. The molecular formula is C14H18FNO2. The average molecular weight is 251 g/mol.